The Bertz CT molecular complexity index is 207. The molecule has 1 heterocycles. The molecule has 0 aromatic rings. The summed E-state index contributed by atoms with van der Waals surface area (Å²) in [5, 5.41) is 3.43. The minimum atomic E-state index is 0.785. The monoisotopic (exact) mass is 224 g/mol. The summed E-state index contributed by atoms with van der Waals surface area (Å²) in [6, 6.07) is 1.67. The van der Waals surface area contributed by atoms with Crippen LogP contribution in [-0.4, -0.2) is 37.1 Å². The van der Waals surface area contributed by atoms with Crippen LogP contribution < -0.4 is 5.32 Å². The van der Waals surface area contributed by atoms with Gasteiger partial charge < -0.3 is 10.2 Å². The first kappa shape index (κ1) is 12.4. The maximum Gasteiger partial charge on any atom is 0.0111 e. The van der Waals surface area contributed by atoms with Gasteiger partial charge in [-0.05, 0) is 64.1 Å². The standard InChI is InChI=1S/C14H28N2/c1-11(2)12-6-8-16(9-7-12)14-5-4-13(10-14)15-3/h11-15H,4-10H2,1-3H3. The molecule has 0 bridgehead atoms. The Morgan fingerprint density at radius 3 is 2.25 bits per heavy atom. The molecule has 1 N–H and O–H groups in total. The van der Waals surface area contributed by atoms with E-state index < -0.39 is 0 Å². The molecule has 0 radical (unpaired) electrons. The molecule has 0 amide bonds. The second-order valence-electron chi connectivity index (χ2n) is 6.07. The maximum absolute atomic E-state index is 3.43. The quantitative estimate of drug-likeness (QED) is 0.792. The van der Waals surface area contributed by atoms with Gasteiger partial charge in [0.2, 0.25) is 0 Å². The van der Waals surface area contributed by atoms with Gasteiger partial charge in [-0.15, -0.1) is 0 Å². The molecule has 1 aliphatic carbocycles. The molecule has 1 saturated carbocycles. The summed E-state index contributed by atoms with van der Waals surface area (Å²) in [6.45, 7) is 7.47. The molecule has 94 valence electrons. The molecule has 2 fully saturated rings. The molecule has 2 nitrogen and oxygen atoms in total. The summed E-state index contributed by atoms with van der Waals surface area (Å²) in [5.74, 6) is 1.87. The van der Waals surface area contributed by atoms with Gasteiger partial charge >= 0.3 is 0 Å². The number of likely N-dealkylation sites (tertiary alicyclic amines) is 1. The van der Waals surface area contributed by atoms with Gasteiger partial charge in [0, 0.05) is 12.1 Å². The van der Waals surface area contributed by atoms with Crippen molar-refractivity contribution in [2.24, 2.45) is 11.8 Å². The number of piperidine rings is 1. The van der Waals surface area contributed by atoms with Crippen LogP contribution in [0.3, 0.4) is 0 Å². The molecular weight excluding hydrogens is 196 g/mol. The summed E-state index contributed by atoms with van der Waals surface area (Å²) in [5.41, 5.74) is 0. The van der Waals surface area contributed by atoms with E-state index in [1.807, 2.05) is 0 Å². The Kier molecular flexibility index (Phi) is 4.26. The third kappa shape index (κ3) is 2.78. The maximum atomic E-state index is 3.43. The first-order valence-electron chi connectivity index (χ1n) is 7.12. The Morgan fingerprint density at radius 1 is 1.06 bits per heavy atom. The zero-order valence-electron chi connectivity index (χ0n) is 11.2. The number of nitrogens with one attached hydrogen (secondary N) is 1. The lowest BCUT2D eigenvalue weighted by molar-refractivity contribution is 0.115. The van der Waals surface area contributed by atoms with E-state index in [1.165, 1.54) is 45.2 Å². The van der Waals surface area contributed by atoms with Gasteiger partial charge in [0.05, 0.1) is 0 Å². The van der Waals surface area contributed by atoms with Gasteiger partial charge in [0.1, 0.15) is 0 Å². The Morgan fingerprint density at radius 2 is 1.75 bits per heavy atom. The average molecular weight is 224 g/mol. The molecule has 1 saturated heterocycles. The molecule has 2 rings (SSSR count). The first-order valence-corrected chi connectivity index (χ1v) is 7.12. The van der Waals surface area contributed by atoms with Crippen molar-refractivity contribution in [2.45, 2.75) is 58.0 Å². The van der Waals surface area contributed by atoms with Crippen LogP contribution in [0.15, 0.2) is 0 Å². The van der Waals surface area contributed by atoms with Crippen LogP contribution in [0.5, 0.6) is 0 Å². The molecule has 2 aliphatic rings. The molecule has 2 unspecified atom stereocenters. The van der Waals surface area contributed by atoms with E-state index in [-0.39, 0.29) is 0 Å². The smallest absolute Gasteiger partial charge is 0.0111 e. The fourth-order valence-electron chi connectivity index (χ4n) is 3.50. The minimum absolute atomic E-state index is 0.785. The van der Waals surface area contributed by atoms with Crippen LogP contribution in [0, 0.1) is 11.8 Å². The molecule has 0 spiro atoms. The Hall–Kier alpha value is -0.0800. The van der Waals surface area contributed by atoms with Crippen LogP contribution in [0.4, 0.5) is 0 Å². The van der Waals surface area contributed by atoms with Gasteiger partial charge in [-0.25, -0.2) is 0 Å². The highest BCUT2D eigenvalue weighted by molar-refractivity contribution is 4.88. The zero-order chi connectivity index (χ0) is 11.5. The SMILES string of the molecule is CNC1CCC(N2CCC(C(C)C)CC2)C1. The molecular formula is C14H28N2. The lowest BCUT2D eigenvalue weighted by Gasteiger charge is -2.37. The molecule has 16 heavy (non-hydrogen) atoms. The third-order valence-corrected chi connectivity index (χ3v) is 4.85. The van der Waals surface area contributed by atoms with E-state index in [0.29, 0.717) is 0 Å². The number of nitrogens with zero attached hydrogens (tertiary/aromatic N) is 1. The molecule has 0 aromatic carbocycles. The van der Waals surface area contributed by atoms with Crippen LogP contribution in [0.2, 0.25) is 0 Å². The van der Waals surface area contributed by atoms with Crippen molar-refractivity contribution in [3.8, 4) is 0 Å². The van der Waals surface area contributed by atoms with Crippen LogP contribution in [0.1, 0.15) is 46.0 Å². The molecule has 1 aliphatic heterocycles. The summed E-state index contributed by atoms with van der Waals surface area (Å²) in [4.78, 5) is 2.76. The number of hydrogen-bond acceptors (Lipinski definition) is 2. The Labute approximate surface area is 101 Å². The molecule has 2 heteroatoms. The van der Waals surface area contributed by atoms with E-state index in [1.54, 1.807) is 0 Å². The highest BCUT2D eigenvalue weighted by atomic mass is 15.2. The second kappa shape index (κ2) is 5.50. The van der Waals surface area contributed by atoms with Crippen molar-refractivity contribution in [1.82, 2.24) is 10.2 Å². The van der Waals surface area contributed by atoms with Crippen molar-refractivity contribution in [3.63, 3.8) is 0 Å². The topological polar surface area (TPSA) is 15.3 Å². The number of rotatable bonds is 3. The van der Waals surface area contributed by atoms with E-state index in [9.17, 15) is 0 Å². The van der Waals surface area contributed by atoms with Gasteiger partial charge in [-0.3, -0.25) is 0 Å². The van der Waals surface area contributed by atoms with Crippen LogP contribution in [0.25, 0.3) is 0 Å². The lowest BCUT2D eigenvalue weighted by atomic mass is 9.86. The Balaban J connectivity index is 1.77. The van der Waals surface area contributed by atoms with E-state index in [2.05, 4.69) is 31.1 Å². The third-order valence-electron chi connectivity index (χ3n) is 4.85. The van der Waals surface area contributed by atoms with Crippen molar-refractivity contribution >= 4 is 0 Å². The molecule has 2 atom stereocenters. The fraction of sp³-hybridized carbons (Fsp3) is 1.00. The highest BCUT2D eigenvalue weighted by Crippen LogP contribution is 2.30. The first-order chi connectivity index (χ1) is 7.70. The summed E-state index contributed by atoms with van der Waals surface area (Å²) in [7, 11) is 2.11. The van der Waals surface area contributed by atoms with E-state index in [4.69, 9.17) is 0 Å². The van der Waals surface area contributed by atoms with Crippen LogP contribution in [-0.2, 0) is 0 Å². The van der Waals surface area contributed by atoms with Crippen molar-refractivity contribution in [1.29, 1.82) is 0 Å². The predicted molar refractivity (Wildman–Crippen MR) is 69.6 cm³/mol. The largest absolute Gasteiger partial charge is 0.317 e. The summed E-state index contributed by atoms with van der Waals surface area (Å²) in [6.07, 6.45) is 7.03. The van der Waals surface area contributed by atoms with Gasteiger partial charge in [0.25, 0.3) is 0 Å². The molecule has 0 aromatic heterocycles. The normalized spacial score (nSPS) is 33.8. The zero-order valence-corrected chi connectivity index (χ0v) is 11.2. The van der Waals surface area contributed by atoms with E-state index >= 15 is 0 Å². The van der Waals surface area contributed by atoms with Gasteiger partial charge in [0.15, 0.2) is 0 Å². The van der Waals surface area contributed by atoms with Gasteiger partial charge in [-0.2, -0.15) is 0 Å². The number of hydrogen-bond donors (Lipinski definition) is 1. The minimum Gasteiger partial charge on any atom is -0.317 e. The average Bonchev–Trinajstić information content (AvgIpc) is 2.77. The summed E-state index contributed by atoms with van der Waals surface area (Å²) < 4.78 is 0. The van der Waals surface area contributed by atoms with Gasteiger partial charge in [-0.1, -0.05) is 13.8 Å². The fourth-order valence-corrected chi connectivity index (χ4v) is 3.50. The van der Waals surface area contributed by atoms with Crippen LogP contribution >= 0.6 is 0 Å². The van der Waals surface area contributed by atoms with Crippen molar-refractivity contribution < 1.29 is 0 Å². The van der Waals surface area contributed by atoms with Crippen molar-refractivity contribution in [2.75, 3.05) is 20.1 Å². The predicted octanol–water partition coefficient (Wildman–Crippen LogP) is 2.49. The second-order valence-corrected chi connectivity index (χ2v) is 6.07. The van der Waals surface area contributed by atoms with E-state index in [0.717, 1.165) is 23.9 Å². The van der Waals surface area contributed by atoms with Crippen molar-refractivity contribution in [3.05, 3.63) is 0 Å². The highest BCUT2D eigenvalue weighted by Gasteiger charge is 2.31. The lowest BCUT2D eigenvalue weighted by Crippen LogP contribution is -2.41. The summed E-state index contributed by atoms with van der Waals surface area (Å²) >= 11 is 0.